The van der Waals surface area contributed by atoms with Crippen LogP contribution in [-0.2, 0) is 14.3 Å². The van der Waals surface area contributed by atoms with E-state index in [0.717, 1.165) is 19.3 Å². The fraction of sp³-hybridized carbons (Fsp3) is 0.640. The molecule has 0 bridgehead atoms. The highest BCUT2D eigenvalue weighted by Gasteiger charge is 2.34. The van der Waals surface area contributed by atoms with Crippen molar-refractivity contribution < 1.29 is 24.2 Å². The molecule has 33 heavy (non-hydrogen) atoms. The van der Waals surface area contributed by atoms with Crippen LogP contribution in [0.1, 0.15) is 84.4 Å². The summed E-state index contributed by atoms with van der Waals surface area (Å²) in [5, 5.41) is 16.2. The maximum absolute atomic E-state index is 13.4. The van der Waals surface area contributed by atoms with Crippen molar-refractivity contribution in [1.82, 2.24) is 15.5 Å². The second-order valence-corrected chi connectivity index (χ2v) is 9.41. The van der Waals surface area contributed by atoms with E-state index in [-0.39, 0.29) is 24.2 Å². The van der Waals surface area contributed by atoms with E-state index in [9.17, 15) is 19.5 Å². The molecule has 1 aromatic rings. The van der Waals surface area contributed by atoms with Gasteiger partial charge in [0.15, 0.2) is 0 Å². The Balaban J connectivity index is 3.27. The summed E-state index contributed by atoms with van der Waals surface area (Å²) in [6.45, 7) is 12.9. The Labute approximate surface area is 198 Å². The first-order valence-corrected chi connectivity index (χ1v) is 11.8. The Kier molecular flexibility index (Phi) is 11.2. The summed E-state index contributed by atoms with van der Waals surface area (Å²) in [7, 11) is 0. The maximum Gasteiger partial charge on any atom is 0.408 e. The van der Waals surface area contributed by atoms with Crippen molar-refractivity contribution in [2.75, 3.05) is 13.1 Å². The van der Waals surface area contributed by atoms with E-state index < -0.39 is 23.6 Å². The van der Waals surface area contributed by atoms with Crippen LogP contribution < -0.4 is 10.6 Å². The molecule has 8 nitrogen and oxygen atoms in total. The van der Waals surface area contributed by atoms with Gasteiger partial charge < -0.3 is 25.4 Å². The number of carbonyl (C=O) groups excluding carboxylic acids is 3. The lowest BCUT2D eigenvalue weighted by molar-refractivity contribution is -0.140. The lowest BCUT2D eigenvalue weighted by Crippen LogP contribution is -2.49. The van der Waals surface area contributed by atoms with Crippen molar-refractivity contribution in [3.63, 3.8) is 0 Å². The average molecular weight is 464 g/mol. The van der Waals surface area contributed by atoms with E-state index in [1.54, 1.807) is 45.9 Å². The van der Waals surface area contributed by atoms with Gasteiger partial charge in [-0.1, -0.05) is 44.9 Å². The molecule has 3 amide bonds. The van der Waals surface area contributed by atoms with E-state index in [1.807, 2.05) is 20.8 Å². The maximum atomic E-state index is 13.4. The summed E-state index contributed by atoms with van der Waals surface area (Å²) in [6.07, 6.45) is 2.46. The number of para-hydroxylation sites is 1. The SMILES string of the molecule is CCCCN(C(=O)CNC(=O)OC(C)(C)C)C(C(=O)NC(C)CCC)c1cccc(C)c1O. The number of aryl methyl sites for hydroxylation is 1. The number of hydrogen-bond donors (Lipinski definition) is 3. The van der Waals surface area contributed by atoms with Crippen LogP contribution >= 0.6 is 0 Å². The quantitative estimate of drug-likeness (QED) is 0.456. The summed E-state index contributed by atoms with van der Waals surface area (Å²) in [5.74, 6) is -0.813. The van der Waals surface area contributed by atoms with Gasteiger partial charge in [-0.2, -0.15) is 0 Å². The average Bonchev–Trinajstić information content (AvgIpc) is 2.70. The fourth-order valence-electron chi connectivity index (χ4n) is 3.47. The second kappa shape index (κ2) is 13.1. The van der Waals surface area contributed by atoms with Gasteiger partial charge in [0.1, 0.15) is 23.9 Å². The third kappa shape index (κ3) is 9.32. The highest BCUT2D eigenvalue weighted by atomic mass is 16.6. The van der Waals surface area contributed by atoms with Gasteiger partial charge in [-0.25, -0.2) is 4.79 Å². The molecule has 0 aliphatic heterocycles. The molecule has 0 spiro atoms. The van der Waals surface area contributed by atoms with Gasteiger partial charge in [-0.05, 0) is 53.0 Å². The number of unbranched alkanes of at least 4 members (excludes halogenated alkanes) is 1. The van der Waals surface area contributed by atoms with E-state index in [2.05, 4.69) is 10.6 Å². The molecule has 3 N–H and O–H groups in total. The number of carbonyl (C=O) groups is 3. The Morgan fingerprint density at radius 2 is 1.82 bits per heavy atom. The van der Waals surface area contributed by atoms with Crippen molar-refractivity contribution in [3.05, 3.63) is 29.3 Å². The number of hydrogen-bond acceptors (Lipinski definition) is 5. The van der Waals surface area contributed by atoms with Gasteiger partial charge in [-0.15, -0.1) is 0 Å². The number of rotatable bonds is 11. The molecule has 186 valence electrons. The topological polar surface area (TPSA) is 108 Å². The van der Waals surface area contributed by atoms with Crippen molar-refractivity contribution in [2.24, 2.45) is 0 Å². The van der Waals surface area contributed by atoms with Crippen LogP contribution in [0.3, 0.4) is 0 Å². The standard InChI is InChI=1S/C25H41N3O5/c1-8-10-15-28(20(29)16-26-24(32)33-25(5,6)7)21(23(31)27-18(4)12-9-2)19-14-11-13-17(3)22(19)30/h11,13-14,18,21,30H,8-10,12,15-16H2,1-7H3,(H,26,32)(H,27,31). The largest absolute Gasteiger partial charge is 0.507 e. The van der Waals surface area contributed by atoms with Crippen molar-refractivity contribution >= 4 is 17.9 Å². The summed E-state index contributed by atoms with van der Waals surface area (Å²) >= 11 is 0. The lowest BCUT2D eigenvalue weighted by Gasteiger charge is -2.33. The molecule has 0 aliphatic rings. The van der Waals surface area contributed by atoms with Crippen molar-refractivity contribution in [3.8, 4) is 5.75 Å². The number of aromatic hydroxyl groups is 1. The van der Waals surface area contributed by atoms with Gasteiger partial charge in [0.05, 0.1) is 0 Å². The predicted octanol–water partition coefficient (Wildman–Crippen LogP) is 4.20. The molecule has 2 unspecified atom stereocenters. The van der Waals surface area contributed by atoms with E-state index >= 15 is 0 Å². The molecular formula is C25H41N3O5. The first-order chi connectivity index (χ1) is 15.4. The first-order valence-electron chi connectivity index (χ1n) is 11.8. The molecule has 0 heterocycles. The zero-order valence-electron chi connectivity index (χ0n) is 21.2. The molecule has 1 rings (SSSR count). The van der Waals surface area contributed by atoms with Gasteiger partial charge in [0.2, 0.25) is 11.8 Å². The monoisotopic (exact) mass is 463 g/mol. The Hall–Kier alpha value is -2.77. The molecule has 2 atom stereocenters. The number of phenols is 1. The lowest BCUT2D eigenvalue weighted by atomic mass is 9.99. The predicted molar refractivity (Wildman–Crippen MR) is 129 cm³/mol. The number of nitrogens with one attached hydrogen (secondary N) is 2. The second-order valence-electron chi connectivity index (χ2n) is 9.41. The molecule has 0 fully saturated rings. The van der Waals surface area contributed by atoms with Crippen molar-refractivity contribution in [1.29, 1.82) is 0 Å². The van der Waals surface area contributed by atoms with Crippen LogP contribution in [0.5, 0.6) is 5.75 Å². The Bertz CT molecular complexity index is 804. The minimum atomic E-state index is -1.02. The number of nitrogens with zero attached hydrogens (tertiary/aromatic N) is 1. The van der Waals surface area contributed by atoms with Gasteiger partial charge in [0.25, 0.3) is 0 Å². The summed E-state index contributed by atoms with van der Waals surface area (Å²) in [5.41, 5.74) is 0.278. The molecule has 0 saturated heterocycles. The number of benzene rings is 1. The molecule has 0 saturated carbocycles. The van der Waals surface area contributed by atoms with E-state index in [0.29, 0.717) is 24.1 Å². The summed E-state index contributed by atoms with van der Waals surface area (Å²) in [6, 6.07) is 4.05. The summed E-state index contributed by atoms with van der Waals surface area (Å²) in [4.78, 5) is 40.1. The van der Waals surface area contributed by atoms with E-state index in [1.165, 1.54) is 4.90 Å². The molecule has 0 radical (unpaired) electrons. The van der Waals surface area contributed by atoms with Gasteiger partial charge in [-0.3, -0.25) is 9.59 Å². The van der Waals surface area contributed by atoms with Crippen molar-refractivity contribution in [2.45, 2.75) is 91.8 Å². The minimum Gasteiger partial charge on any atom is -0.507 e. The van der Waals surface area contributed by atoms with Crippen LogP contribution in [0.2, 0.25) is 0 Å². The molecule has 0 aromatic heterocycles. The summed E-state index contributed by atoms with van der Waals surface area (Å²) < 4.78 is 5.22. The van der Waals surface area contributed by atoms with Crippen LogP contribution in [0.25, 0.3) is 0 Å². The zero-order chi connectivity index (χ0) is 25.2. The number of amides is 3. The highest BCUT2D eigenvalue weighted by molar-refractivity contribution is 5.91. The Morgan fingerprint density at radius 3 is 2.39 bits per heavy atom. The third-order valence-electron chi connectivity index (χ3n) is 5.09. The van der Waals surface area contributed by atoms with Crippen LogP contribution in [-0.4, -0.2) is 52.6 Å². The molecule has 0 aliphatic carbocycles. The fourth-order valence-corrected chi connectivity index (χ4v) is 3.47. The number of phenolic OH excluding ortho intramolecular Hbond substituents is 1. The molecule has 1 aromatic carbocycles. The number of ether oxygens (including phenoxy) is 1. The Morgan fingerprint density at radius 1 is 1.15 bits per heavy atom. The number of alkyl carbamates (subject to hydrolysis) is 1. The van der Waals surface area contributed by atoms with Crippen LogP contribution in [0, 0.1) is 6.92 Å². The normalized spacial score (nSPS) is 13.1. The third-order valence-corrected chi connectivity index (χ3v) is 5.09. The molecular weight excluding hydrogens is 422 g/mol. The minimum absolute atomic E-state index is 0.0183. The van der Waals surface area contributed by atoms with E-state index in [4.69, 9.17) is 4.74 Å². The van der Waals surface area contributed by atoms with Crippen LogP contribution in [0.4, 0.5) is 4.79 Å². The van der Waals surface area contributed by atoms with Crippen LogP contribution in [0.15, 0.2) is 18.2 Å². The highest BCUT2D eigenvalue weighted by Crippen LogP contribution is 2.32. The zero-order valence-corrected chi connectivity index (χ0v) is 21.2. The van der Waals surface area contributed by atoms with Gasteiger partial charge >= 0.3 is 6.09 Å². The smallest absolute Gasteiger partial charge is 0.408 e. The molecule has 8 heteroatoms. The van der Waals surface area contributed by atoms with Gasteiger partial charge in [0, 0.05) is 18.2 Å². The first kappa shape index (κ1) is 28.3.